The number of nitrogens with two attached hydrogens (primary N) is 1. The number of anilines is 2. The van der Waals surface area contributed by atoms with Gasteiger partial charge in [0.1, 0.15) is 11.9 Å². The second-order valence-corrected chi connectivity index (χ2v) is 12.4. The summed E-state index contributed by atoms with van der Waals surface area (Å²) in [6.45, 7) is 6.21. The average Bonchev–Trinajstić information content (AvgIpc) is 2.84. The highest BCUT2D eigenvalue weighted by Gasteiger charge is 2.36. The van der Waals surface area contributed by atoms with Gasteiger partial charge in [0.15, 0.2) is 0 Å². The van der Waals surface area contributed by atoms with E-state index in [0.717, 1.165) is 63.8 Å². The monoisotopic (exact) mass is 568 g/mol. The lowest BCUT2D eigenvalue weighted by Gasteiger charge is -2.48. The van der Waals surface area contributed by atoms with Crippen LogP contribution in [0.3, 0.4) is 0 Å². The lowest BCUT2D eigenvalue weighted by Crippen LogP contribution is -2.59. The summed E-state index contributed by atoms with van der Waals surface area (Å²) in [6, 6.07) is 9.24. The maximum Gasteiger partial charge on any atom is 0.239 e. The maximum atomic E-state index is 12.3. The van der Waals surface area contributed by atoms with Gasteiger partial charge in [0.05, 0.1) is 23.2 Å². The first-order chi connectivity index (χ1) is 17.6. The number of benzene rings is 1. The van der Waals surface area contributed by atoms with Crippen molar-refractivity contribution < 1.29 is 13.2 Å². The van der Waals surface area contributed by atoms with Crippen LogP contribution in [0, 0.1) is 0 Å². The molecule has 1 aromatic heterocycles. The Bertz CT molecular complexity index is 1210. The Morgan fingerprint density at radius 3 is 2.41 bits per heavy atom. The summed E-state index contributed by atoms with van der Waals surface area (Å²) in [6.07, 6.45) is 5.49. The quantitative estimate of drug-likeness (QED) is 0.502. The van der Waals surface area contributed by atoms with E-state index in [-0.39, 0.29) is 5.91 Å². The zero-order chi connectivity index (χ0) is 26.7. The fourth-order valence-corrected chi connectivity index (χ4v) is 6.47. The molecule has 12 heteroatoms. The number of piperazine rings is 1. The molecule has 3 N–H and O–H groups in total. The van der Waals surface area contributed by atoms with Crippen molar-refractivity contribution in [1.29, 1.82) is 0 Å². The van der Waals surface area contributed by atoms with Crippen molar-refractivity contribution in [1.82, 2.24) is 14.8 Å². The molecule has 0 aliphatic carbocycles. The number of hydrogen-bond donors (Lipinski definition) is 2. The standard InChI is InChI=1S/C25H34Cl2N6O3S/c1-3-20-16-32(25-22(27)14-19(15-29-25)30-37(2,35)36)12-13-33(20)21-8-10-31(11-9-21)23(24(28)34)17-4-6-18(26)7-5-17/h4-7,14-15,20-21,23,30H,3,8-13,16H2,1-2H3,(H2,28,34)/t20-,23+/m0/s1. The van der Waals surface area contributed by atoms with Gasteiger partial charge in [0.2, 0.25) is 15.9 Å². The molecule has 1 aromatic carbocycles. The molecule has 2 aliphatic heterocycles. The molecule has 37 heavy (non-hydrogen) atoms. The summed E-state index contributed by atoms with van der Waals surface area (Å²) in [5.74, 6) is 0.323. The van der Waals surface area contributed by atoms with E-state index in [1.54, 1.807) is 18.2 Å². The summed E-state index contributed by atoms with van der Waals surface area (Å²) in [5.41, 5.74) is 7.02. The molecule has 9 nitrogen and oxygen atoms in total. The number of carbonyl (C=O) groups excluding carboxylic acids is 1. The summed E-state index contributed by atoms with van der Waals surface area (Å²) in [4.78, 5) is 23.7. The molecular weight excluding hydrogens is 535 g/mol. The van der Waals surface area contributed by atoms with E-state index in [9.17, 15) is 13.2 Å². The molecule has 2 aliphatic rings. The van der Waals surface area contributed by atoms with Crippen molar-refractivity contribution in [2.75, 3.05) is 48.6 Å². The van der Waals surface area contributed by atoms with Gasteiger partial charge in [-0.05, 0) is 43.0 Å². The average molecular weight is 570 g/mol. The Hall–Kier alpha value is -2.11. The van der Waals surface area contributed by atoms with E-state index in [1.165, 1.54) is 6.20 Å². The first kappa shape index (κ1) is 27.9. The predicted octanol–water partition coefficient (Wildman–Crippen LogP) is 3.35. The second kappa shape index (κ2) is 11.7. The van der Waals surface area contributed by atoms with Crippen molar-refractivity contribution in [3.05, 3.63) is 52.1 Å². The van der Waals surface area contributed by atoms with Crippen LogP contribution in [-0.4, -0.2) is 80.2 Å². The molecule has 0 unspecified atom stereocenters. The fourth-order valence-electron chi connectivity index (χ4n) is 5.52. The number of halogens is 2. The van der Waals surface area contributed by atoms with Crippen molar-refractivity contribution in [2.24, 2.45) is 5.73 Å². The van der Waals surface area contributed by atoms with E-state index in [1.807, 2.05) is 12.1 Å². The van der Waals surface area contributed by atoms with E-state index < -0.39 is 16.1 Å². The Kier molecular flexibility index (Phi) is 8.85. The van der Waals surface area contributed by atoms with Crippen LogP contribution in [-0.2, 0) is 14.8 Å². The molecule has 2 fully saturated rings. The van der Waals surface area contributed by atoms with Gasteiger partial charge in [0, 0.05) is 49.8 Å². The minimum atomic E-state index is -3.40. The number of likely N-dealkylation sites (tertiary alicyclic amines) is 1. The molecule has 0 radical (unpaired) electrons. The first-order valence-corrected chi connectivity index (χ1v) is 15.1. The number of amides is 1. The number of nitrogens with zero attached hydrogens (tertiary/aromatic N) is 4. The number of hydrogen-bond acceptors (Lipinski definition) is 7. The molecule has 2 aromatic rings. The zero-order valence-corrected chi connectivity index (χ0v) is 23.4. The number of carbonyl (C=O) groups is 1. The van der Waals surface area contributed by atoms with Crippen LogP contribution >= 0.6 is 23.2 Å². The Balaban J connectivity index is 1.39. The van der Waals surface area contributed by atoms with Crippen LogP contribution in [0.4, 0.5) is 11.5 Å². The number of primary amides is 1. The number of sulfonamides is 1. The highest BCUT2D eigenvalue weighted by molar-refractivity contribution is 7.92. The molecule has 2 saturated heterocycles. The summed E-state index contributed by atoms with van der Waals surface area (Å²) in [7, 11) is -3.40. The van der Waals surface area contributed by atoms with E-state index >= 15 is 0 Å². The minimum absolute atomic E-state index is 0.334. The molecule has 2 atom stereocenters. The minimum Gasteiger partial charge on any atom is -0.368 e. The third-order valence-electron chi connectivity index (χ3n) is 7.21. The number of pyridine rings is 1. The summed E-state index contributed by atoms with van der Waals surface area (Å²) in [5, 5.41) is 1.05. The van der Waals surface area contributed by atoms with E-state index in [4.69, 9.17) is 28.9 Å². The van der Waals surface area contributed by atoms with Crippen molar-refractivity contribution in [3.8, 4) is 0 Å². The van der Waals surface area contributed by atoms with Crippen LogP contribution in [0.5, 0.6) is 0 Å². The lowest BCUT2D eigenvalue weighted by molar-refractivity contribution is -0.124. The normalized spacial score (nSPS) is 21.1. The van der Waals surface area contributed by atoms with Crippen LogP contribution in [0.1, 0.15) is 37.8 Å². The Morgan fingerprint density at radius 2 is 1.84 bits per heavy atom. The van der Waals surface area contributed by atoms with Gasteiger partial charge in [-0.15, -0.1) is 0 Å². The largest absolute Gasteiger partial charge is 0.368 e. The van der Waals surface area contributed by atoms with Gasteiger partial charge in [-0.1, -0.05) is 42.3 Å². The first-order valence-electron chi connectivity index (χ1n) is 12.5. The Labute approximate surface area is 229 Å². The van der Waals surface area contributed by atoms with Gasteiger partial charge in [-0.3, -0.25) is 19.3 Å². The second-order valence-electron chi connectivity index (χ2n) is 9.77. The number of nitrogens with one attached hydrogen (secondary N) is 1. The zero-order valence-electron chi connectivity index (χ0n) is 21.1. The molecule has 1 amide bonds. The van der Waals surface area contributed by atoms with Crippen LogP contribution < -0.4 is 15.4 Å². The third kappa shape index (κ3) is 6.86. The Morgan fingerprint density at radius 1 is 1.16 bits per heavy atom. The number of rotatable bonds is 8. The molecule has 202 valence electrons. The van der Waals surface area contributed by atoms with E-state index in [2.05, 4.69) is 31.3 Å². The van der Waals surface area contributed by atoms with Crippen LogP contribution in [0.2, 0.25) is 10.0 Å². The van der Waals surface area contributed by atoms with Crippen LogP contribution in [0.15, 0.2) is 36.5 Å². The fraction of sp³-hybridized carbons (Fsp3) is 0.520. The van der Waals surface area contributed by atoms with Gasteiger partial charge in [-0.25, -0.2) is 13.4 Å². The van der Waals surface area contributed by atoms with Crippen molar-refractivity contribution in [2.45, 2.75) is 44.3 Å². The molecular formula is C25H34Cl2N6O3S. The molecule has 0 spiro atoms. The van der Waals surface area contributed by atoms with E-state index in [0.29, 0.717) is 33.6 Å². The number of piperidine rings is 1. The smallest absolute Gasteiger partial charge is 0.239 e. The SMILES string of the molecule is CC[C@H]1CN(c2ncc(NS(C)(=O)=O)cc2Cl)CCN1C1CCN([C@@H](C(N)=O)c2ccc(Cl)cc2)CC1. The topological polar surface area (TPSA) is 112 Å². The van der Waals surface area contributed by atoms with Crippen molar-refractivity contribution in [3.63, 3.8) is 0 Å². The predicted molar refractivity (Wildman–Crippen MR) is 149 cm³/mol. The highest BCUT2D eigenvalue weighted by Crippen LogP contribution is 2.32. The van der Waals surface area contributed by atoms with Gasteiger partial charge < -0.3 is 10.6 Å². The van der Waals surface area contributed by atoms with Crippen LogP contribution in [0.25, 0.3) is 0 Å². The van der Waals surface area contributed by atoms with Gasteiger partial charge in [0.25, 0.3) is 0 Å². The van der Waals surface area contributed by atoms with Crippen molar-refractivity contribution >= 4 is 50.6 Å². The number of aromatic nitrogens is 1. The lowest BCUT2D eigenvalue weighted by atomic mass is 9.95. The highest BCUT2D eigenvalue weighted by atomic mass is 35.5. The van der Waals surface area contributed by atoms with Gasteiger partial charge in [-0.2, -0.15) is 0 Å². The molecule has 3 heterocycles. The summed E-state index contributed by atoms with van der Waals surface area (Å²) < 4.78 is 25.4. The maximum absolute atomic E-state index is 12.3. The third-order valence-corrected chi connectivity index (χ3v) is 8.35. The van der Waals surface area contributed by atoms with Gasteiger partial charge >= 0.3 is 0 Å². The molecule has 4 rings (SSSR count). The molecule has 0 saturated carbocycles. The summed E-state index contributed by atoms with van der Waals surface area (Å²) >= 11 is 12.5. The molecule has 0 bridgehead atoms.